The van der Waals surface area contributed by atoms with Gasteiger partial charge in [-0.1, -0.05) is 55.5 Å². The Balaban J connectivity index is 0.00000261. The summed E-state index contributed by atoms with van der Waals surface area (Å²) in [6.07, 6.45) is 1.68. The number of hydrogen-bond acceptors (Lipinski definition) is 3. The average Bonchev–Trinajstić information content (AvgIpc) is 3.18. The molecule has 0 fully saturated rings. The first-order chi connectivity index (χ1) is 12.8. The molecule has 0 bridgehead atoms. The van der Waals surface area contributed by atoms with Gasteiger partial charge in [-0.15, -0.1) is 24.0 Å². The minimum absolute atomic E-state index is 0. The number of aliphatic imine (C=N–C) groups is 1. The van der Waals surface area contributed by atoms with E-state index in [9.17, 15) is 0 Å². The summed E-state index contributed by atoms with van der Waals surface area (Å²) in [5.74, 6) is 1.77. The third-order valence-corrected chi connectivity index (χ3v) is 4.18. The third-order valence-electron chi connectivity index (χ3n) is 4.18. The molecule has 2 N–H and O–H groups in total. The molecule has 0 saturated heterocycles. The number of aromatic nitrogens is 1. The molecule has 6 heteroatoms. The molecule has 1 unspecified atom stereocenters. The predicted molar refractivity (Wildman–Crippen MR) is 120 cm³/mol. The van der Waals surface area contributed by atoms with Crippen LogP contribution < -0.4 is 10.6 Å². The Kier molecular flexibility index (Phi) is 8.32. The fourth-order valence-electron chi connectivity index (χ4n) is 2.65. The van der Waals surface area contributed by atoms with Crippen molar-refractivity contribution in [3.8, 4) is 11.5 Å². The molecule has 1 aromatic heterocycles. The SMILES string of the molecule is CN=C(NCc1coc(-c2ccccc2)n1)NCC(C)c1ccccc1.I. The smallest absolute Gasteiger partial charge is 0.226 e. The molecule has 0 aliphatic heterocycles. The fourth-order valence-corrected chi connectivity index (χ4v) is 2.65. The quantitative estimate of drug-likeness (QED) is 0.314. The maximum absolute atomic E-state index is 5.56. The van der Waals surface area contributed by atoms with E-state index in [-0.39, 0.29) is 24.0 Å². The van der Waals surface area contributed by atoms with Gasteiger partial charge in [-0.3, -0.25) is 4.99 Å². The zero-order chi connectivity index (χ0) is 18.2. The Bertz CT molecular complexity index is 834. The highest BCUT2D eigenvalue weighted by Gasteiger charge is 2.08. The predicted octanol–water partition coefficient (Wildman–Crippen LogP) is 4.43. The number of hydrogen-bond donors (Lipinski definition) is 2. The molecule has 0 spiro atoms. The number of oxazole rings is 1. The molecule has 5 nitrogen and oxygen atoms in total. The van der Waals surface area contributed by atoms with Gasteiger partial charge in [0.25, 0.3) is 0 Å². The van der Waals surface area contributed by atoms with Gasteiger partial charge >= 0.3 is 0 Å². The molecule has 0 saturated carbocycles. The molecule has 142 valence electrons. The zero-order valence-electron chi connectivity index (χ0n) is 15.6. The lowest BCUT2D eigenvalue weighted by Gasteiger charge is -2.16. The molecule has 27 heavy (non-hydrogen) atoms. The molecular weight excluding hydrogens is 451 g/mol. The van der Waals surface area contributed by atoms with Gasteiger partial charge in [0, 0.05) is 19.2 Å². The second-order valence-corrected chi connectivity index (χ2v) is 6.13. The Morgan fingerprint density at radius 1 is 1.04 bits per heavy atom. The van der Waals surface area contributed by atoms with Crippen LogP contribution in [0.1, 0.15) is 24.1 Å². The van der Waals surface area contributed by atoms with Crippen molar-refractivity contribution in [1.82, 2.24) is 15.6 Å². The molecule has 2 aromatic carbocycles. The van der Waals surface area contributed by atoms with Gasteiger partial charge in [-0.05, 0) is 23.6 Å². The van der Waals surface area contributed by atoms with Crippen LogP contribution in [0.25, 0.3) is 11.5 Å². The first kappa shape index (κ1) is 21.0. The van der Waals surface area contributed by atoms with Crippen LogP contribution >= 0.6 is 24.0 Å². The van der Waals surface area contributed by atoms with Crippen LogP contribution in [0.15, 0.2) is 76.3 Å². The molecule has 0 aliphatic rings. The monoisotopic (exact) mass is 476 g/mol. The molecule has 0 amide bonds. The highest BCUT2D eigenvalue weighted by molar-refractivity contribution is 14.0. The lowest BCUT2D eigenvalue weighted by Crippen LogP contribution is -2.38. The van der Waals surface area contributed by atoms with E-state index < -0.39 is 0 Å². The van der Waals surface area contributed by atoms with E-state index in [1.54, 1.807) is 13.3 Å². The molecule has 1 atom stereocenters. The molecule has 3 rings (SSSR count). The zero-order valence-corrected chi connectivity index (χ0v) is 17.9. The second kappa shape index (κ2) is 10.7. The Labute approximate surface area is 177 Å². The van der Waals surface area contributed by atoms with Gasteiger partial charge in [0.2, 0.25) is 5.89 Å². The third kappa shape index (κ3) is 6.09. The van der Waals surface area contributed by atoms with E-state index in [1.165, 1.54) is 5.56 Å². The number of nitrogens with one attached hydrogen (secondary N) is 2. The first-order valence-corrected chi connectivity index (χ1v) is 8.75. The van der Waals surface area contributed by atoms with Crippen molar-refractivity contribution in [2.24, 2.45) is 4.99 Å². The minimum Gasteiger partial charge on any atom is -0.444 e. The Hall–Kier alpha value is -2.35. The van der Waals surface area contributed by atoms with Crippen LogP contribution in [0, 0.1) is 0 Å². The van der Waals surface area contributed by atoms with Crippen molar-refractivity contribution >= 4 is 29.9 Å². The maximum atomic E-state index is 5.56. The van der Waals surface area contributed by atoms with Crippen LogP contribution in [-0.2, 0) is 6.54 Å². The van der Waals surface area contributed by atoms with Gasteiger partial charge in [0.15, 0.2) is 5.96 Å². The number of benzene rings is 2. The number of nitrogens with zero attached hydrogens (tertiary/aromatic N) is 2. The van der Waals surface area contributed by atoms with Crippen LogP contribution in [0.4, 0.5) is 0 Å². The average molecular weight is 476 g/mol. The summed E-state index contributed by atoms with van der Waals surface area (Å²) in [7, 11) is 1.76. The summed E-state index contributed by atoms with van der Waals surface area (Å²) >= 11 is 0. The van der Waals surface area contributed by atoms with Gasteiger partial charge in [0.05, 0.1) is 12.2 Å². The lowest BCUT2D eigenvalue weighted by atomic mass is 10.0. The van der Waals surface area contributed by atoms with Crippen molar-refractivity contribution in [2.45, 2.75) is 19.4 Å². The standard InChI is InChI=1S/C21H24N4O.HI/c1-16(17-9-5-3-6-10-17)13-23-21(22-2)24-14-19-15-26-20(25-19)18-11-7-4-8-12-18;/h3-12,15-16H,13-14H2,1-2H3,(H2,22,23,24);1H. The van der Waals surface area contributed by atoms with Crippen LogP contribution in [0.5, 0.6) is 0 Å². The second-order valence-electron chi connectivity index (χ2n) is 6.13. The topological polar surface area (TPSA) is 62.5 Å². The highest BCUT2D eigenvalue weighted by atomic mass is 127. The minimum atomic E-state index is 0. The van der Waals surface area contributed by atoms with Gasteiger partial charge in [-0.25, -0.2) is 4.98 Å². The first-order valence-electron chi connectivity index (χ1n) is 8.75. The molecule has 1 heterocycles. The van der Waals surface area contributed by atoms with Crippen LogP contribution in [0.3, 0.4) is 0 Å². The summed E-state index contributed by atoms with van der Waals surface area (Å²) in [4.78, 5) is 8.79. The highest BCUT2D eigenvalue weighted by Crippen LogP contribution is 2.17. The van der Waals surface area contributed by atoms with Crippen molar-refractivity contribution in [2.75, 3.05) is 13.6 Å². The summed E-state index contributed by atoms with van der Waals surface area (Å²) in [6.45, 7) is 3.55. The number of guanidine groups is 1. The summed E-state index contributed by atoms with van der Waals surface area (Å²) in [6, 6.07) is 20.3. The summed E-state index contributed by atoms with van der Waals surface area (Å²) in [5.41, 5.74) is 3.11. The van der Waals surface area contributed by atoms with Crippen molar-refractivity contribution in [3.63, 3.8) is 0 Å². The lowest BCUT2D eigenvalue weighted by molar-refractivity contribution is 0.572. The van der Waals surface area contributed by atoms with Gasteiger partial charge in [0.1, 0.15) is 6.26 Å². The number of rotatable bonds is 6. The molecule has 0 aliphatic carbocycles. The number of halogens is 1. The van der Waals surface area contributed by atoms with E-state index in [2.05, 4.69) is 51.8 Å². The Morgan fingerprint density at radius 2 is 1.70 bits per heavy atom. The maximum Gasteiger partial charge on any atom is 0.226 e. The molecule has 0 radical (unpaired) electrons. The van der Waals surface area contributed by atoms with Crippen molar-refractivity contribution < 1.29 is 4.42 Å². The molecular formula is C21H25IN4O. The van der Waals surface area contributed by atoms with E-state index in [4.69, 9.17) is 4.42 Å². The Morgan fingerprint density at radius 3 is 2.37 bits per heavy atom. The fraction of sp³-hybridized carbons (Fsp3) is 0.238. The van der Waals surface area contributed by atoms with Gasteiger partial charge in [-0.2, -0.15) is 0 Å². The van der Waals surface area contributed by atoms with E-state index in [0.29, 0.717) is 18.4 Å². The van der Waals surface area contributed by atoms with E-state index in [0.717, 1.165) is 23.8 Å². The van der Waals surface area contributed by atoms with E-state index in [1.807, 2.05) is 36.4 Å². The van der Waals surface area contributed by atoms with Gasteiger partial charge < -0.3 is 15.1 Å². The summed E-state index contributed by atoms with van der Waals surface area (Å²) < 4.78 is 5.56. The largest absolute Gasteiger partial charge is 0.444 e. The van der Waals surface area contributed by atoms with Crippen molar-refractivity contribution in [1.29, 1.82) is 0 Å². The molecule has 3 aromatic rings. The summed E-state index contributed by atoms with van der Waals surface area (Å²) in [5, 5.41) is 6.63. The van der Waals surface area contributed by atoms with Crippen molar-refractivity contribution in [3.05, 3.63) is 78.2 Å². The normalized spacial score (nSPS) is 12.1. The van der Waals surface area contributed by atoms with E-state index >= 15 is 0 Å². The van der Waals surface area contributed by atoms with Crippen LogP contribution in [-0.4, -0.2) is 24.5 Å². The van der Waals surface area contributed by atoms with Crippen LogP contribution in [0.2, 0.25) is 0 Å².